The molecule has 0 bridgehead atoms. The van der Waals surface area contributed by atoms with Gasteiger partial charge in [-0.1, -0.05) is 26.7 Å². The first kappa shape index (κ1) is 13.6. The summed E-state index contributed by atoms with van der Waals surface area (Å²) >= 11 is 5.34. The lowest BCUT2D eigenvalue weighted by Gasteiger charge is -2.26. The molecule has 1 aromatic heterocycles. The molecule has 0 aliphatic heterocycles. The Morgan fingerprint density at radius 1 is 1.39 bits per heavy atom. The maximum absolute atomic E-state index is 5.34. The fourth-order valence-electron chi connectivity index (χ4n) is 2.39. The van der Waals surface area contributed by atoms with Crippen LogP contribution >= 0.6 is 12.2 Å². The summed E-state index contributed by atoms with van der Waals surface area (Å²) in [7, 11) is 0. The first-order valence-corrected chi connectivity index (χ1v) is 7.53. The van der Waals surface area contributed by atoms with E-state index < -0.39 is 0 Å². The molecule has 0 unspecified atom stereocenters. The second kappa shape index (κ2) is 5.87. The van der Waals surface area contributed by atoms with Gasteiger partial charge < -0.3 is 4.90 Å². The average molecular weight is 268 g/mol. The monoisotopic (exact) mass is 268 g/mol. The number of aromatic nitrogens is 3. The first-order chi connectivity index (χ1) is 8.71. The quantitative estimate of drug-likeness (QED) is 0.769. The molecule has 18 heavy (non-hydrogen) atoms. The van der Waals surface area contributed by atoms with Crippen molar-refractivity contribution < 1.29 is 0 Å². The molecule has 2 rings (SSSR count). The van der Waals surface area contributed by atoms with E-state index in [2.05, 4.69) is 40.4 Å². The Morgan fingerprint density at radius 2 is 2.06 bits per heavy atom. The SMILES string of the molecule is CCC(CC)CN(CC)c1n[nH]c(=S)n1C1CC1. The van der Waals surface area contributed by atoms with Crippen molar-refractivity contribution in [3.8, 4) is 0 Å². The predicted molar refractivity (Wildman–Crippen MR) is 77.6 cm³/mol. The highest BCUT2D eigenvalue weighted by molar-refractivity contribution is 7.71. The van der Waals surface area contributed by atoms with Gasteiger partial charge in [0, 0.05) is 19.1 Å². The number of H-pyrrole nitrogens is 1. The van der Waals surface area contributed by atoms with E-state index in [1.807, 2.05) is 0 Å². The summed E-state index contributed by atoms with van der Waals surface area (Å²) in [6, 6.07) is 0.585. The zero-order valence-corrected chi connectivity index (χ0v) is 12.5. The molecule has 1 N–H and O–H groups in total. The van der Waals surface area contributed by atoms with Crippen molar-refractivity contribution in [1.29, 1.82) is 0 Å². The van der Waals surface area contributed by atoms with Crippen LogP contribution < -0.4 is 4.90 Å². The van der Waals surface area contributed by atoms with Gasteiger partial charge in [0.05, 0.1) is 0 Å². The Balaban J connectivity index is 2.19. The number of anilines is 1. The molecule has 1 saturated carbocycles. The molecule has 1 aliphatic rings. The van der Waals surface area contributed by atoms with Crippen LogP contribution in [0.2, 0.25) is 0 Å². The van der Waals surface area contributed by atoms with Gasteiger partial charge in [-0.25, -0.2) is 5.10 Å². The third kappa shape index (κ3) is 2.76. The van der Waals surface area contributed by atoms with Crippen LogP contribution in [-0.2, 0) is 0 Å². The summed E-state index contributed by atoms with van der Waals surface area (Å²) in [5.41, 5.74) is 0. The average Bonchev–Trinajstić information content (AvgIpc) is 3.15. The molecule has 0 atom stereocenters. The molecular weight excluding hydrogens is 244 g/mol. The van der Waals surface area contributed by atoms with Crippen LogP contribution in [0.3, 0.4) is 0 Å². The van der Waals surface area contributed by atoms with Crippen LogP contribution in [0.1, 0.15) is 52.5 Å². The van der Waals surface area contributed by atoms with E-state index >= 15 is 0 Å². The van der Waals surface area contributed by atoms with Crippen LogP contribution in [0.4, 0.5) is 5.95 Å². The van der Waals surface area contributed by atoms with Gasteiger partial charge in [-0.3, -0.25) is 4.57 Å². The second-order valence-electron chi connectivity index (χ2n) is 5.15. The minimum absolute atomic E-state index is 0.585. The van der Waals surface area contributed by atoms with E-state index in [1.54, 1.807) is 0 Å². The lowest BCUT2D eigenvalue weighted by Crippen LogP contribution is -2.31. The van der Waals surface area contributed by atoms with E-state index in [1.165, 1.54) is 25.7 Å². The van der Waals surface area contributed by atoms with E-state index in [9.17, 15) is 0 Å². The summed E-state index contributed by atoms with van der Waals surface area (Å²) in [5.74, 6) is 1.78. The highest BCUT2D eigenvalue weighted by atomic mass is 32.1. The van der Waals surface area contributed by atoms with Gasteiger partial charge in [-0.2, -0.15) is 0 Å². The molecule has 4 nitrogen and oxygen atoms in total. The second-order valence-corrected chi connectivity index (χ2v) is 5.54. The third-order valence-electron chi connectivity index (χ3n) is 3.90. The van der Waals surface area contributed by atoms with Gasteiger partial charge in [-0.05, 0) is 37.9 Å². The van der Waals surface area contributed by atoms with Crippen molar-refractivity contribution in [2.75, 3.05) is 18.0 Å². The zero-order chi connectivity index (χ0) is 13.1. The van der Waals surface area contributed by atoms with Gasteiger partial charge >= 0.3 is 0 Å². The fourth-order valence-corrected chi connectivity index (χ4v) is 2.67. The molecule has 0 amide bonds. The molecule has 1 heterocycles. The molecule has 0 radical (unpaired) electrons. The highest BCUT2D eigenvalue weighted by Gasteiger charge is 2.29. The lowest BCUT2D eigenvalue weighted by molar-refractivity contribution is 0.478. The Bertz CT molecular complexity index is 428. The van der Waals surface area contributed by atoms with Crippen molar-refractivity contribution in [1.82, 2.24) is 14.8 Å². The molecular formula is C13H24N4S. The topological polar surface area (TPSA) is 36.9 Å². The van der Waals surface area contributed by atoms with Crippen molar-refractivity contribution in [2.24, 2.45) is 5.92 Å². The predicted octanol–water partition coefficient (Wildman–Crippen LogP) is 3.54. The van der Waals surface area contributed by atoms with Gasteiger partial charge in [0.25, 0.3) is 0 Å². The number of nitrogens with zero attached hydrogens (tertiary/aromatic N) is 3. The van der Waals surface area contributed by atoms with E-state index in [0.717, 1.165) is 29.7 Å². The molecule has 102 valence electrons. The largest absolute Gasteiger partial charge is 0.341 e. The molecule has 0 saturated heterocycles. The molecule has 5 heteroatoms. The normalized spacial score (nSPS) is 15.3. The summed E-state index contributed by atoms with van der Waals surface area (Å²) in [5, 5.41) is 7.40. The van der Waals surface area contributed by atoms with Gasteiger partial charge in [0.2, 0.25) is 5.95 Å². The lowest BCUT2D eigenvalue weighted by atomic mass is 10.0. The standard InChI is InChI=1S/C13H24N4S/c1-4-10(5-2)9-16(6-3)12-14-15-13(18)17(12)11-7-8-11/h10-11H,4-9H2,1-3H3,(H,15,18). The fraction of sp³-hybridized carbons (Fsp3) is 0.846. The van der Waals surface area contributed by atoms with Crippen molar-refractivity contribution in [3.05, 3.63) is 4.77 Å². The van der Waals surface area contributed by atoms with Crippen molar-refractivity contribution >= 4 is 18.2 Å². The number of hydrogen-bond acceptors (Lipinski definition) is 3. The Kier molecular flexibility index (Phi) is 4.43. The first-order valence-electron chi connectivity index (χ1n) is 7.13. The minimum Gasteiger partial charge on any atom is -0.341 e. The van der Waals surface area contributed by atoms with Crippen LogP contribution in [0.15, 0.2) is 0 Å². The number of nitrogens with one attached hydrogen (secondary N) is 1. The van der Waals surface area contributed by atoms with Crippen LogP contribution in [-0.4, -0.2) is 27.9 Å². The van der Waals surface area contributed by atoms with Crippen LogP contribution in [0.25, 0.3) is 0 Å². The molecule has 0 aromatic carbocycles. The van der Waals surface area contributed by atoms with Crippen molar-refractivity contribution in [2.45, 2.75) is 52.5 Å². The van der Waals surface area contributed by atoms with Gasteiger partial charge in [0.1, 0.15) is 0 Å². The third-order valence-corrected chi connectivity index (χ3v) is 4.18. The smallest absolute Gasteiger partial charge is 0.225 e. The number of rotatable bonds is 7. The molecule has 1 aromatic rings. The summed E-state index contributed by atoms with van der Waals surface area (Å²) in [6.07, 6.45) is 4.93. The van der Waals surface area contributed by atoms with Crippen LogP contribution in [0, 0.1) is 10.7 Å². The number of aromatic amines is 1. The summed E-state index contributed by atoms with van der Waals surface area (Å²) in [6.45, 7) is 8.79. The summed E-state index contributed by atoms with van der Waals surface area (Å²) < 4.78 is 2.98. The molecule has 1 fully saturated rings. The number of hydrogen-bond donors (Lipinski definition) is 1. The summed E-state index contributed by atoms with van der Waals surface area (Å²) in [4.78, 5) is 2.36. The maximum atomic E-state index is 5.34. The Hall–Kier alpha value is -0.840. The highest BCUT2D eigenvalue weighted by Crippen LogP contribution is 2.38. The Labute approximate surface area is 114 Å². The zero-order valence-electron chi connectivity index (χ0n) is 11.6. The van der Waals surface area contributed by atoms with Crippen molar-refractivity contribution in [3.63, 3.8) is 0 Å². The van der Waals surface area contributed by atoms with Crippen LogP contribution in [0.5, 0.6) is 0 Å². The van der Waals surface area contributed by atoms with E-state index in [0.29, 0.717) is 6.04 Å². The van der Waals surface area contributed by atoms with E-state index in [-0.39, 0.29) is 0 Å². The minimum atomic E-state index is 0.585. The van der Waals surface area contributed by atoms with Gasteiger partial charge in [-0.15, -0.1) is 5.10 Å². The molecule has 0 spiro atoms. The Morgan fingerprint density at radius 3 is 2.56 bits per heavy atom. The molecule has 1 aliphatic carbocycles. The van der Waals surface area contributed by atoms with Gasteiger partial charge in [0.15, 0.2) is 4.77 Å². The maximum Gasteiger partial charge on any atom is 0.225 e. The van der Waals surface area contributed by atoms with E-state index in [4.69, 9.17) is 12.2 Å².